The molecule has 1 saturated heterocycles. The van der Waals surface area contributed by atoms with Crippen LogP contribution in [0.2, 0.25) is 0 Å². The predicted molar refractivity (Wildman–Crippen MR) is 127 cm³/mol. The minimum absolute atomic E-state index is 0.0885. The maximum Gasteiger partial charge on any atom is 0.258 e. The van der Waals surface area contributed by atoms with Crippen molar-refractivity contribution in [3.63, 3.8) is 0 Å². The van der Waals surface area contributed by atoms with E-state index in [2.05, 4.69) is 27.2 Å². The second kappa shape index (κ2) is 9.97. The number of nitrogens with zero attached hydrogens (tertiary/aromatic N) is 4. The minimum atomic E-state index is -0.285. The van der Waals surface area contributed by atoms with Crippen molar-refractivity contribution < 1.29 is 13.7 Å². The summed E-state index contributed by atoms with van der Waals surface area (Å²) in [6.07, 6.45) is 0.309. The van der Waals surface area contributed by atoms with E-state index in [0.717, 1.165) is 36.3 Å². The first-order valence-electron chi connectivity index (χ1n) is 11.4. The summed E-state index contributed by atoms with van der Waals surface area (Å²) in [7, 11) is 0. The molecule has 6 nitrogen and oxygen atoms in total. The van der Waals surface area contributed by atoms with Crippen molar-refractivity contribution in [3.8, 4) is 22.8 Å². The fraction of sp³-hybridized carbons (Fsp3) is 0.222. The molecule has 1 aliphatic rings. The Hall–Kier alpha value is -3.84. The Morgan fingerprint density at radius 2 is 1.50 bits per heavy atom. The SMILES string of the molecule is O=C(Cc1ccc(F)cc1)N1CCN(Cc2ccc(-c3noc(-c4ccccc4)n3)cc2)CC1. The molecule has 0 aliphatic carbocycles. The predicted octanol–water partition coefficient (Wildman–Crippen LogP) is 4.43. The monoisotopic (exact) mass is 456 g/mol. The lowest BCUT2D eigenvalue weighted by Gasteiger charge is -2.34. The summed E-state index contributed by atoms with van der Waals surface area (Å²) in [5, 5.41) is 4.11. The molecular formula is C27H25FN4O2. The van der Waals surface area contributed by atoms with Gasteiger partial charge in [0.1, 0.15) is 5.82 Å². The van der Waals surface area contributed by atoms with Crippen molar-refractivity contribution >= 4 is 5.91 Å². The molecule has 0 radical (unpaired) electrons. The van der Waals surface area contributed by atoms with E-state index in [1.807, 2.05) is 47.4 Å². The van der Waals surface area contributed by atoms with Crippen molar-refractivity contribution in [2.75, 3.05) is 26.2 Å². The number of hydrogen-bond acceptors (Lipinski definition) is 5. The van der Waals surface area contributed by atoms with Crippen LogP contribution in [0.25, 0.3) is 22.8 Å². The molecule has 0 N–H and O–H groups in total. The molecule has 0 bridgehead atoms. The highest BCUT2D eigenvalue weighted by atomic mass is 19.1. The van der Waals surface area contributed by atoms with Gasteiger partial charge >= 0.3 is 0 Å². The number of carbonyl (C=O) groups is 1. The van der Waals surface area contributed by atoms with E-state index in [0.29, 0.717) is 31.2 Å². The zero-order chi connectivity index (χ0) is 23.3. The molecule has 0 atom stereocenters. The normalized spacial score (nSPS) is 14.3. The van der Waals surface area contributed by atoms with Crippen molar-refractivity contribution in [3.05, 3.63) is 95.8 Å². The topological polar surface area (TPSA) is 62.5 Å². The Balaban J connectivity index is 1.13. The molecule has 1 aliphatic heterocycles. The molecule has 172 valence electrons. The number of carbonyl (C=O) groups excluding carboxylic acids is 1. The molecule has 0 spiro atoms. The number of benzene rings is 3. The van der Waals surface area contributed by atoms with Crippen LogP contribution < -0.4 is 0 Å². The summed E-state index contributed by atoms with van der Waals surface area (Å²) in [4.78, 5) is 21.3. The van der Waals surface area contributed by atoms with Crippen molar-refractivity contribution in [2.24, 2.45) is 0 Å². The van der Waals surface area contributed by atoms with Gasteiger partial charge in [-0.3, -0.25) is 9.69 Å². The van der Waals surface area contributed by atoms with Crippen molar-refractivity contribution in [1.29, 1.82) is 0 Å². The van der Waals surface area contributed by atoms with Crippen LogP contribution in [0.1, 0.15) is 11.1 Å². The Labute approximate surface area is 197 Å². The lowest BCUT2D eigenvalue weighted by molar-refractivity contribution is -0.132. The zero-order valence-corrected chi connectivity index (χ0v) is 18.7. The van der Waals surface area contributed by atoms with E-state index >= 15 is 0 Å². The van der Waals surface area contributed by atoms with Gasteiger partial charge in [-0.25, -0.2) is 4.39 Å². The standard InChI is InChI=1S/C27H25FN4O2/c28-24-12-8-20(9-13-24)18-25(33)32-16-14-31(15-17-32)19-21-6-10-22(11-7-21)26-29-27(34-30-26)23-4-2-1-3-5-23/h1-13H,14-19H2. The van der Waals surface area contributed by atoms with Crippen molar-refractivity contribution in [1.82, 2.24) is 19.9 Å². The van der Waals surface area contributed by atoms with Gasteiger partial charge in [0, 0.05) is 43.9 Å². The molecular weight excluding hydrogens is 431 g/mol. The van der Waals surface area contributed by atoms with E-state index in [9.17, 15) is 9.18 Å². The number of aromatic nitrogens is 2. The number of hydrogen-bond donors (Lipinski definition) is 0. The highest BCUT2D eigenvalue weighted by Gasteiger charge is 2.21. The number of piperazine rings is 1. The van der Waals surface area contributed by atoms with Gasteiger partial charge in [0.15, 0.2) is 0 Å². The van der Waals surface area contributed by atoms with Crippen LogP contribution in [-0.2, 0) is 17.8 Å². The Bertz CT molecular complexity index is 1230. The Morgan fingerprint density at radius 1 is 0.824 bits per heavy atom. The fourth-order valence-corrected chi connectivity index (χ4v) is 4.10. The summed E-state index contributed by atoms with van der Waals surface area (Å²) in [6.45, 7) is 3.86. The van der Waals surface area contributed by atoms with Crippen LogP contribution in [0.5, 0.6) is 0 Å². The summed E-state index contributed by atoms with van der Waals surface area (Å²) < 4.78 is 18.5. The Kier molecular flexibility index (Phi) is 6.44. The largest absolute Gasteiger partial charge is 0.340 e. The molecule has 1 amide bonds. The third kappa shape index (κ3) is 5.21. The number of rotatable bonds is 6. The average Bonchev–Trinajstić information content (AvgIpc) is 3.37. The molecule has 3 aromatic carbocycles. The van der Waals surface area contributed by atoms with Crippen LogP contribution in [0.4, 0.5) is 4.39 Å². The van der Waals surface area contributed by atoms with Crippen LogP contribution in [-0.4, -0.2) is 52.0 Å². The molecule has 2 heterocycles. The van der Waals surface area contributed by atoms with Gasteiger partial charge in [0.05, 0.1) is 6.42 Å². The van der Waals surface area contributed by atoms with E-state index in [4.69, 9.17) is 4.52 Å². The van der Waals surface area contributed by atoms with Gasteiger partial charge in [0.25, 0.3) is 5.89 Å². The lowest BCUT2D eigenvalue weighted by atomic mass is 10.1. The molecule has 0 saturated carbocycles. The van der Waals surface area contributed by atoms with Crippen LogP contribution in [0.15, 0.2) is 83.4 Å². The van der Waals surface area contributed by atoms with E-state index in [1.54, 1.807) is 12.1 Å². The molecule has 4 aromatic rings. The summed E-state index contributed by atoms with van der Waals surface area (Å²) in [5.41, 5.74) is 3.84. The smallest absolute Gasteiger partial charge is 0.258 e. The van der Waals surface area contributed by atoms with Crippen molar-refractivity contribution in [2.45, 2.75) is 13.0 Å². The molecule has 0 unspecified atom stereocenters. The molecule has 5 rings (SSSR count). The van der Waals surface area contributed by atoms with E-state index < -0.39 is 0 Å². The third-order valence-electron chi connectivity index (χ3n) is 6.06. The van der Waals surface area contributed by atoms with Crippen LogP contribution in [0, 0.1) is 5.82 Å². The van der Waals surface area contributed by atoms with Crippen LogP contribution >= 0.6 is 0 Å². The fourth-order valence-electron chi connectivity index (χ4n) is 4.10. The van der Waals surface area contributed by atoms with E-state index in [-0.39, 0.29) is 11.7 Å². The first kappa shape index (κ1) is 22.0. The van der Waals surface area contributed by atoms with Crippen LogP contribution in [0.3, 0.4) is 0 Å². The Morgan fingerprint density at radius 3 is 2.21 bits per heavy atom. The van der Waals surface area contributed by atoms with Gasteiger partial charge in [-0.1, -0.05) is 59.8 Å². The molecule has 1 fully saturated rings. The van der Waals surface area contributed by atoms with Gasteiger partial charge < -0.3 is 9.42 Å². The number of amides is 1. The highest BCUT2D eigenvalue weighted by molar-refractivity contribution is 5.78. The maximum atomic E-state index is 13.1. The van der Waals surface area contributed by atoms with E-state index in [1.165, 1.54) is 17.7 Å². The first-order chi connectivity index (χ1) is 16.6. The highest BCUT2D eigenvalue weighted by Crippen LogP contribution is 2.22. The second-order valence-electron chi connectivity index (χ2n) is 8.45. The summed E-state index contributed by atoms with van der Waals surface area (Å²) in [6, 6.07) is 24.0. The van der Waals surface area contributed by atoms with Gasteiger partial charge in [0.2, 0.25) is 11.7 Å². The maximum absolute atomic E-state index is 13.1. The molecule has 1 aromatic heterocycles. The first-order valence-corrected chi connectivity index (χ1v) is 11.4. The van der Waals surface area contributed by atoms with Gasteiger partial charge in [-0.15, -0.1) is 0 Å². The molecule has 7 heteroatoms. The third-order valence-corrected chi connectivity index (χ3v) is 6.06. The summed E-state index contributed by atoms with van der Waals surface area (Å²) in [5.74, 6) is 0.878. The van der Waals surface area contributed by atoms with Gasteiger partial charge in [-0.2, -0.15) is 4.98 Å². The zero-order valence-electron chi connectivity index (χ0n) is 18.7. The lowest BCUT2D eigenvalue weighted by Crippen LogP contribution is -2.48. The van der Waals surface area contributed by atoms with Gasteiger partial charge in [-0.05, 0) is 35.4 Å². The summed E-state index contributed by atoms with van der Waals surface area (Å²) >= 11 is 0. The average molecular weight is 457 g/mol. The molecule has 34 heavy (non-hydrogen) atoms. The quantitative estimate of drug-likeness (QED) is 0.430. The second-order valence-corrected chi connectivity index (χ2v) is 8.45. The number of halogens is 1. The minimum Gasteiger partial charge on any atom is -0.340 e.